The van der Waals surface area contributed by atoms with E-state index in [2.05, 4.69) is 19.3 Å². The van der Waals surface area contributed by atoms with E-state index >= 15 is 0 Å². The lowest BCUT2D eigenvalue weighted by molar-refractivity contribution is 0.324. The second-order valence-electron chi connectivity index (χ2n) is 8.98. The number of benzene rings is 2. The zero-order chi connectivity index (χ0) is 24.6. The monoisotopic (exact) mass is 491 g/mol. The van der Waals surface area contributed by atoms with Crippen LogP contribution in [0.25, 0.3) is 22.2 Å². The smallest absolute Gasteiger partial charge is 0.322 e. The molecule has 0 amide bonds. The normalized spacial score (nSPS) is 14.1. The van der Waals surface area contributed by atoms with Crippen molar-refractivity contribution in [1.29, 1.82) is 0 Å². The third-order valence-electron chi connectivity index (χ3n) is 6.34. The summed E-state index contributed by atoms with van der Waals surface area (Å²) in [6.07, 6.45) is 5.58. The number of nitrogen functional groups attached to an aromatic ring is 1. The Hall–Kier alpha value is -3.59. The van der Waals surface area contributed by atoms with E-state index in [0.717, 1.165) is 40.7 Å². The fourth-order valence-corrected chi connectivity index (χ4v) is 5.61. The maximum absolute atomic E-state index is 12.1. The van der Waals surface area contributed by atoms with Crippen LogP contribution in [0, 0.1) is 6.92 Å². The first-order valence-electron chi connectivity index (χ1n) is 11.9. The van der Waals surface area contributed by atoms with Gasteiger partial charge in [0.1, 0.15) is 5.75 Å². The van der Waals surface area contributed by atoms with Gasteiger partial charge in [0.2, 0.25) is 10.0 Å². The summed E-state index contributed by atoms with van der Waals surface area (Å²) in [7, 11) is -3.34. The van der Waals surface area contributed by atoms with Gasteiger partial charge < -0.3 is 15.0 Å². The van der Waals surface area contributed by atoms with Crippen molar-refractivity contribution in [3.63, 3.8) is 0 Å². The SMILES string of the molecule is CCCS(=O)(=O)Nc1ccc(-c2c(N)c3ccc(Oc4nccc(C)n4)cc3n2C2CCC2)cc1. The molecule has 9 heteroatoms. The molecule has 0 bridgehead atoms. The number of hydrogen-bond acceptors (Lipinski definition) is 6. The summed E-state index contributed by atoms with van der Waals surface area (Å²) in [5.74, 6) is 0.740. The molecule has 0 unspecified atom stereocenters. The molecule has 2 heterocycles. The predicted octanol–water partition coefficient (Wildman–Crippen LogP) is 5.66. The first kappa shape index (κ1) is 23.2. The zero-order valence-corrected chi connectivity index (χ0v) is 20.7. The third kappa shape index (κ3) is 4.68. The van der Waals surface area contributed by atoms with Gasteiger partial charge >= 0.3 is 6.01 Å². The quantitative estimate of drug-likeness (QED) is 0.329. The average molecular weight is 492 g/mol. The van der Waals surface area contributed by atoms with Gasteiger partial charge in [-0.1, -0.05) is 19.1 Å². The number of rotatable bonds is 8. The van der Waals surface area contributed by atoms with E-state index in [1.807, 2.05) is 50.2 Å². The second kappa shape index (κ2) is 9.22. The molecule has 2 aromatic heterocycles. The molecule has 35 heavy (non-hydrogen) atoms. The van der Waals surface area contributed by atoms with Gasteiger partial charge in [0.05, 0.1) is 22.7 Å². The zero-order valence-electron chi connectivity index (χ0n) is 19.9. The number of nitrogens with one attached hydrogen (secondary N) is 1. The number of nitrogens with zero attached hydrogens (tertiary/aromatic N) is 3. The highest BCUT2D eigenvalue weighted by atomic mass is 32.2. The van der Waals surface area contributed by atoms with Gasteiger partial charge in [-0.05, 0) is 62.9 Å². The molecule has 1 fully saturated rings. The topological polar surface area (TPSA) is 112 Å². The van der Waals surface area contributed by atoms with Gasteiger partial charge in [-0.2, -0.15) is 0 Å². The Morgan fingerprint density at radius 1 is 1.14 bits per heavy atom. The van der Waals surface area contributed by atoms with Crippen molar-refractivity contribution in [1.82, 2.24) is 14.5 Å². The first-order chi connectivity index (χ1) is 16.8. The van der Waals surface area contributed by atoms with Crippen LogP contribution in [-0.4, -0.2) is 28.7 Å². The van der Waals surface area contributed by atoms with Crippen molar-refractivity contribution in [2.24, 2.45) is 0 Å². The highest BCUT2D eigenvalue weighted by Gasteiger charge is 2.27. The molecule has 0 spiro atoms. The van der Waals surface area contributed by atoms with Gasteiger partial charge in [0, 0.05) is 40.6 Å². The van der Waals surface area contributed by atoms with E-state index in [-0.39, 0.29) is 5.75 Å². The van der Waals surface area contributed by atoms with Crippen LogP contribution in [0.1, 0.15) is 44.3 Å². The van der Waals surface area contributed by atoms with E-state index in [1.54, 1.807) is 18.3 Å². The molecule has 1 saturated carbocycles. The van der Waals surface area contributed by atoms with Gasteiger partial charge in [0.15, 0.2) is 0 Å². The number of aryl methyl sites for hydroxylation is 1. The maximum atomic E-state index is 12.1. The van der Waals surface area contributed by atoms with Crippen LogP contribution < -0.4 is 15.2 Å². The Morgan fingerprint density at radius 3 is 2.57 bits per heavy atom. The fourth-order valence-electron chi connectivity index (χ4n) is 4.47. The maximum Gasteiger partial charge on any atom is 0.322 e. The summed E-state index contributed by atoms with van der Waals surface area (Å²) in [6, 6.07) is 15.7. The van der Waals surface area contributed by atoms with E-state index in [4.69, 9.17) is 10.5 Å². The van der Waals surface area contributed by atoms with Crippen LogP contribution in [0.2, 0.25) is 0 Å². The molecule has 0 saturated heterocycles. The average Bonchev–Trinajstić information content (AvgIpc) is 3.04. The minimum atomic E-state index is -3.34. The van der Waals surface area contributed by atoms with Gasteiger partial charge in [-0.25, -0.2) is 18.4 Å². The Morgan fingerprint density at radius 2 is 1.91 bits per heavy atom. The van der Waals surface area contributed by atoms with Gasteiger partial charge in [0.25, 0.3) is 0 Å². The summed E-state index contributed by atoms with van der Waals surface area (Å²) in [4.78, 5) is 8.54. The molecule has 4 aromatic rings. The van der Waals surface area contributed by atoms with Crippen LogP contribution in [0.5, 0.6) is 11.8 Å². The highest BCUT2D eigenvalue weighted by Crippen LogP contribution is 2.45. The summed E-state index contributed by atoms with van der Waals surface area (Å²) >= 11 is 0. The van der Waals surface area contributed by atoms with Crippen molar-refractivity contribution in [3.8, 4) is 23.0 Å². The third-order valence-corrected chi connectivity index (χ3v) is 7.83. The highest BCUT2D eigenvalue weighted by molar-refractivity contribution is 7.92. The standard InChI is InChI=1S/C26H29N5O3S/c1-3-15-35(32,33)30-19-9-7-18(8-10-19)25-24(27)22-12-11-21(34-26-28-14-13-17(2)29-26)16-23(22)31(25)20-5-4-6-20/h7-14,16,20,30H,3-6,15,27H2,1-2H3. The Labute approximate surface area is 205 Å². The predicted molar refractivity (Wildman–Crippen MR) is 139 cm³/mol. The number of hydrogen-bond donors (Lipinski definition) is 2. The summed E-state index contributed by atoms with van der Waals surface area (Å²) in [5, 5.41) is 0.956. The molecule has 1 aliphatic rings. The second-order valence-corrected chi connectivity index (χ2v) is 10.8. The summed E-state index contributed by atoms with van der Waals surface area (Å²) < 4.78 is 35.2. The van der Waals surface area contributed by atoms with E-state index in [9.17, 15) is 8.42 Å². The number of fused-ring (bicyclic) bond motifs is 1. The van der Waals surface area contributed by atoms with Crippen molar-refractivity contribution in [2.75, 3.05) is 16.2 Å². The molecule has 0 aliphatic heterocycles. The number of sulfonamides is 1. The van der Waals surface area contributed by atoms with E-state index in [1.165, 1.54) is 6.42 Å². The number of aromatic nitrogens is 3. The Kier molecular flexibility index (Phi) is 6.10. The van der Waals surface area contributed by atoms with Crippen molar-refractivity contribution >= 4 is 32.3 Å². The van der Waals surface area contributed by atoms with Gasteiger partial charge in [-0.15, -0.1) is 0 Å². The molecule has 8 nitrogen and oxygen atoms in total. The molecule has 0 atom stereocenters. The lowest BCUT2D eigenvalue weighted by atomic mass is 9.92. The molecule has 3 N–H and O–H groups in total. The molecule has 0 radical (unpaired) electrons. The van der Waals surface area contributed by atoms with Crippen LogP contribution >= 0.6 is 0 Å². The minimum Gasteiger partial charge on any atom is -0.424 e. The fraction of sp³-hybridized carbons (Fsp3) is 0.308. The largest absolute Gasteiger partial charge is 0.424 e. The lowest BCUT2D eigenvalue weighted by Crippen LogP contribution is -2.18. The molecular formula is C26H29N5O3S. The van der Waals surface area contributed by atoms with Crippen molar-refractivity contribution in [3.05, 3.63) is 60.4 Å². The van der Waals surface area contributed by atoms with E-state index in [0.29, 0.717) is 35.6 Å². The van der Waals surface area contributed by atoms with Crippen LogP contribution in [0.3, 0.4) is 0 Å². The van der Waals surface area contributed by atoms with Crippen molar-refractivity contribution < 1.29 is 13.2 Å². The van der Waals surface area contributed by atoms with Crippen LogP contribution in [0.15, 0.2) is 54.7 Å². The molecule has 1 aliphatic carbocycles. The lowest BCUT2D eigenvalue weighted by Gasteiger charge is -2.30. The van der Waals surface area contributed by atoms with Gasteiger partial charge in [-0.3, -0.25) is 4.72 Å². The molecular weight excluding hydrogens is 462 g/mol. The molecule has 5 rings (SSSR count). The van der Waals surface area contributed by atoms with Crippen LogP contribution in [-0.2, 0) is 10.0 Å². The Balaban J connectivity index is 1.54. The van der Waals surface area contributed by atoms with Crippen LogP contribution in [0.4, 0.5) is 11.4 Å². The minimum absolute atomic E-state index is 0.0929. The number of anilines is 2. The summed E-state index contributed by atoms with van der Waals surface area (Å²) in [5.41, 5.74) is 11.6. The number of ether oxygens (including phenoxy) is 1. The van der Waals surface area contributed by atoms with E-state index < -0.39 is 10.0 Å². The Bertz CT molecular complexity index is 1480. The summed E-state index contributed by atoms with van der Waals surface area (Å²) in [6.45, 7) is 3.74. The number of nitrogens with two attached hydrogens (primary N) is 1. The molecule has 2 aromatic carbocycles. The first-order valence-corrected chi connectivity index (χ1v) is 13.5. The molecule has 182 valence electrons. The van der Waals surface area contributed by atoms with Crippen molar-refractivity contribution in [2.45, 2.75) is 45.6 Å².